The largest absolute Gasteiger partial charge is 0.482 e. The summed E-state index contributed by atoms with van der Waals surface area (Å²) in [7, 11) is 0. The fraction of sp³-hybridized carbons (Fsp3) is 0.500. The highest BCUT2D eigenvalue weighted by Gasteiger charge is 2.59. The van der Waals surface area contributed by atoms with Gasteiger partial charge in [-0.15, -0.1) is 0 Å². The zero-order valence-electron chi connectivity index (χ0n) is 10.3. The van der Waals surface area contributed by atoms with Crippen molar-refractivity contribution in [2.75, 3.05) is 13.2 Å². The van der Waals surface area contributed by atoms with E-state index in [2.05, 4.69) is 26.0 Å². The molecule has 1 N–H and O–H groups in total. The Morgan fingerprint density at radius 3 is 2.20 bits per heavy atom. The fourth-order valence-electron chi connectivity index (χ4n) is 1.31. The summed E-state index contributed by atoms with van der Waals surface area (Å²) in [5.74, 6) is 0. The number of nitrogens with one attached hydrogen (secondary N) is 1. The lowest BCUT2D eigenvalue weighted by molar-refractivity contribution is -0.391. The average Bonchev–Trinajstić information content (AvgIpc) is 2.34. The normalized spacial score (nSPS) is 12.7. The molecule has 0 bridgehead atoms. The molecular weight excluding hydrogens is 349 g/mol. The van der Waals surface area contributed by atoms with Crippen molar-refractivity contribution in [2.24, 2.45) is 0 Å². The van der Waals surface area contributed by atoms with E-state index in [9.17, 15) is 22.0 Å². The molecule has 1 rings (SSSR count). The van der Waals surface area contributed by atoms with Crippen molar-refractivity contribution < 1.29 is 26.7 Å². The fourth-order valence-corrected chi connectivity index (χ4v) is 1.58. The van der Waals surface area contributed by atoms with Crippen LogP contribution < -0.4 is 5.32 Å². The van der Waals surface area contributed by atoms with Gasteiger partial charge in [-0.1, -0.05) is 28.1 Å². The Labute approximate surface area is 121 Å². The topological polar surface area (TPSA) is 21.3 Å². The third-order valence-corrected chi connectivity index (χ3v) is 2.88. The van der Waals surface area contributed by atoms with Gasteiger partial charge in [0.05, 0.1) is 6.61 Å². The number of rotatable bonds is 7. The van der Waals surface area contributed by atoms with E-state index in [4.69, 9.17) is 0 Å². The smallest absolute Gasteiger partial charge is 0.313 e. The quantitative estimate of drug-likeness (QED) is 0.583. The molecule has 1 aromatic carbocycles. The maximum absolute atomic E-state index is 12.4. The van der Waals surface area contributed by atoms with Crippen molar-refractivity contribution in [2.45, 2.75) is 25.3 Å². The van der Waals surface area contributed by atoms with E-state index in [1.165, 1.54) is 0 Å². The molecule has 2 nitrogen and oxygen atoms in total. The molecule has 0 amide bonds. The summed E-state index contributed by atoms with van der Waals surface area (Å²) in [6.07, 6.45) is -10.7. The molecule has 0 aromatic heterocycles. The van der Waals surface area contributed by atoms with Gasteiger partial charge in [-0.25, -0.2) is 0 Å². The standard InChI is InChI=1S/C12H13BrF5NO/c13-10-4-2-9(3-5-10)8-19-6-1-7-20-12(17,18)11(14,15)16/h2-5,19H,1,6-8H2. The summed E-state index contributed by atoms with van der Waals surface area (Å²) >= 11 is 3.28. The summed E-state index contributed by atoms with van der Waals surface area (Å²) in [6, 6.07) is 7.44. The summed E-state index contributed by atoms with van der Waals surface area (Å²) in [5.41, 5.74) is 0.981. The SMILES string of the molecule is FC(F)(F)C(F)(F)OCCCNCc1ccc(Br)cc1. The number of halogens is 6. The van der Waals surface area contributed by atoms with Crippen LogP contribution >= 0.6 is 15.9 Å². The summed E-state index contributed by atoms with van der Waals surface area (Å²) < 4.78 is 64.5. The number of hydrogen-bond acceptors (Lipinski definition) is 2. The Kier molecular flexibility index (Phi) is 6.35. The maximum Gasteiger partial charge on any atom is 0.482 e. The van der Waals surface area contributed by atoms with Crippen LogP contribution in [0.25, 0.3) is 0 Å². The molecular formula is C12H13BrF5NO. The van der Waals surface area contributed by atoms with E-state index in [1.54, 1.807) is 0 Å². The predicted molar refractivity (Wildman–Crippen MR) is 67.4 cm³/mol. The summed E-state index contributed by atoms with van der Waals surface area (Å²) in [5, 5.41) is 2.92. The lowest BCUT2D eigenvalue weighted by Crippen LogP contribution is -2.39. The molecule has 0 heterocycles. The molecule has 20 heavy (non-hydrogen) atoms. The Morgan fingerprint density at radius 2 is 1.65 bits per heavy atom. The van der Waals surface area contributed by atoms with Crippen LogP contribution in [0.15, 0.2) is 28.7 Å². The molecule has 8 heteroatoms. The lowest BCUT2D eigenvalue weighted by Gasteiger charge is -2.19. The van der Waals surface area contributed by atoms with Crippen molar-refractivity contribution in [1.82, 2.24) is 5.32 Å². The van der Waals surface area contributed by atoms with E-state index in [-0.39, 0.29) is 13.0 Å². The van der Waals surface area contributed by atoms with Crippen molar-refractivity contribution in [3.05, 3.63) is 34.3 Å². The van der Waals surface area contributed by atoms with E-state index >= 15 is 0 Å². The van der Waals surface area contributed by atoms with Crippen molar-refractivity contribution in [3.63, 3.8) is 0 Å². The zero-order chi connectivity index (χ0) is 15.2. The number of benzene rings is 1. The van der Waals surface area contributed by atoms with Gasteiger partial charge >= 0.3 is 12.3 Å². The van der Waals surface area contributed by atoms with Crippen molar-refractivity contribution >= 4 is 15.9 Å². The minimum atomic E-state index is -5.67. The first-order chi connectivity index (χ1) is 9.22. The molecule has 1 aromatic rings. The molecule has 0 fully saturated rings. The van der Waals surface area contributed by atoms with Gasteiger partial charge in [0.15, 0.2) is 0 Å². The Morgan fingerprint density at radius 1 is 1.05 bits per heavy atom. The minimum absolute atomic E-state index is 0.0577. The first kappa shape index (κ1) is 17.3. The minimum Gasteiger partial charge on any atom is -0.313 e. The molecule has 0 atom stereocenters. The maximum atomic E-state index is 12.4. The average molecular weight is 362 g/mol. The number of hydrogen-bond donors (Lipinski definition) is 1. The highest BCUT2D eigenvalue weighted by Crippen LogP contribution is 2.36. The molecule has 0 aliphatic rings. The first-order valence-corrected chi connectivity index (χ1v) is 6.55. The molecule has 0 radical (unpaired) electrons. The van der Waals surface area contributed by atoms with E-state index < -0.39 is 18.9 Å². The second kappa shape index (κ2) is 7.33. The second-order valence-corrected chi connectivity index (χ2v) is 4.94. The van der Waals surface area contributed by atoms with Gasteiger partial charge in [-0.2, -0.15) is 22.0 Å². The highest BCUT2D eigenvalue weighted by molar-refractivity contribution is 9.10. The monoisotopic (exact) mass is 361 g/mol. The lowest BCUT2D eigenvalue weighted by atomic mass is 10.2. The number of ether oxygens (including phenoxy) is 1. The predicted octanol–water partition coefficient (Wildman–Crippen LogP) is 4.10. The van der Waals surface area contributed by atoms with Crippen molar-refractivity contribution in [3.8, 4) is 0 Å². The zero-order valence-corrected chi connectivity index (χ0v) is 11.9. The van der Waals surface area contributed by atoms with Gasteiger partial charge in [0.2, 0.25) is 0 Å². The van der Waals surface area contributed by atoms with E-state index in [0.29, 0.717) is 6.54 Å². The molecule has 0 aliphatic heterocycles. The van der Waals surface area contributed by atoms with Crippen LogP contribution in [0.2, 0.25) is 0 Å². The highest BCUT2D eigenvalue weighted by atomic mass is 79.9. The molecule has 0 saturated carbocycles. The van der Waals surface area contributed by atoms with Gasteiger partial charge in [0.1, 0.15) is 0 Å². The molecule has 114 valence electrons. The van der Waals surface area contributed by atoms with Crippen LogP contribution in [-0.4, -0.2) is 25.4 Å². The van der Waals surface area contributed by atoms with Crippen LogP contribution in [0.1, 0.15) is 12.0 Å². The molecule has 0 unspecified atom stereocenters. The van der Waals surface area contributed by atoms with Crippen LogP contribution in [0, 0.1) is 0 Å². The van der Waals surface area contributed by atoms with Gasteiger partial charge in [0, 0.05) is 11.0 Å². The summed E-state index contributed by atoms with van der Waals surface area (Å²) in [4.78, 5) is 0. The van der Waals surface area contributed by atoms with Crippen LogP contribution in [-0.2, 0) is 11.3 Å². The van der Waals surface area contributed by atoms with Gasteiger partial charge in [-0.3, -0.25) is 0 Å². The Bertz CT molecular complexity index is 407. The van der Waals surface area contributed by atoms with Crippen LogP contribution in [0.5, 0.6) is 0 Å². The van der Waals surface area contributed by atoms with Crippen molar-refractivity contribution in [1.29, 1.82) is 0 Å². The Balaban J connectivity index is 2.15. The van der Waals surface area contributed by atoms with Gasteiger partial charge in [0.25, 0.3) is 0 Å². The van der Waals surface area contributed by atoms with E-state index in [1.807, 2.05) is 24.3 Å². The van der Waals surface area contributed by atoms with Gasteiger partial charge in [-0.05, 0) is 30.7 Å². The van der Waals surface area contributed by atoms with Crippen LogP contribution in [0.3, 0.4) is 0 Å². The molecule has 0 spiro atoms. The first-order valence-electron chi connectivity index (χ1n) is 5.76. The second-order valence-electron chi connectivity index (χ2n) is 4.02. The third kappa shape index (κ3) is 5.72. The third-order valence-electron chi connectivity index (χ3n) is 2.35. The summed E-state index contributed by atoms with van der Waals surface area (Å²) in [6.45, 7) is 0.118. The number of alkyl halides is 5. The van der Waals surface area contributed by atoms with E-state index in [0.717, 1.165) is 10.0 Å². The molecule has 0 aliphatic carbocycles. The molecule has 0 saturated heterocycles. The Hall–Kier alpha value is -0.730. The van der Waals surface area contributed by atoms with Gasteiger partial charge < -0.3 is 10.1 Å². The van der Waals surface area contributed by atoms with Crippen LogP contribution in [0.4, 0.5) is 22.0 Å².